The molecule has 3 radical (unpaired) electrons. The van der Waals surface area contributed by atoms with Crippen LogP contribution in [0.1, 0.15) is 22.5 Å². The van der Waals surface area contributed by atoms with Crippen LogP contribution in [0, 0.1) is 3.57 Å². The van der Waals surface area contributed by atoms with Crippen LogP contribution >= 0.6 is 61.6 Å². The summed E-state index contributed by atoms with van der Waals surface area (Å²) in [4.78, 5) is 3.75. The summed E-state index contributed by atoms with van der Waals surface area (Å²) in [5.41, 5.74) is 34.6. The Morgan fingerprint density at radius 1 is 0.351 bits per heavy atom. The summed E-state index contributed by atoms with van der Waals surface area (Å²) in [6, 6.07) is 164. The second kappa shape index (κ2) is 36.7. The van der Waals surface area contributed by atoms with Crippen molar-refractivity contribution in [1.82, 2.24) is 13.7 Å². The van der Waals surface area contributed by atoms with Crippen LogP contribution in [0.5, 0.6) is 5.75 Å². The summed E-state index contributed by atoms with van der Waals surface area (Å²) < 4.78 is 24.3. The Hall–Kier alpha value is -14.8. The highest BCUT2D eigenvalue weighted by molar-refractivity contribution is 14.1. The fourth-order valence-corrected chi connectivity index (χ4v) is 22.1. The minimum Gasteiger partial charge on any atom is -0.484 e. The van der Waals surface area contributed by atoms with Crippen LogP contribution in [0.15, 0.2) is 481 Å². The molecule has 0 bridgehead atoms. The minimum absolute atomic E-state index is 0. The average Bonchev–Trinajstić information content (AvgIpc) is 1.63. The fraction of sp³-hybridized carbons (Fsp3) is 0.0169. The number of hydrogen-bond acceptors (Lipinski definition) is 7. The van der Waals surface area contributed by atoms with Crippen LogP contribution < -0.4 is 20.7 Å². The number of nitrogens with two attached hydrogens (primary N) is 1. The van der Waals surface area contributed by atoms with E-state index in [1.165, 1.54) is 139 Å². The molecular formula is C118H82BBrIN6O2S2. The van der Waals surface area contributed by atoms with Crippen LogP contribution in [0.3, 0.4) is 0 Å². The molecular weight excluding hydrogens is 1820 g/mol. The van der Waals surface area contributed by atoms with Crippen molar-refractivity contribution in [3.8, 4) is 56.2 Å². The zero-order chi connectivity index (χ0) is 87.0. The van der Waals surface area contributed by atoms with Crippen LogP contribution in [0.2, 0.25) is 0 Å². The SMILES string of the molecule is Brc1ccc2c(c1)SC1c3ccccc3OC21.Ic1ccc2c(c1)c1ccccc1n2-c1ccccc1.Nc1ccccc1-c1ccccc1.[B].c1ccc(-c2ccccc2N(c2ccc3c(c2)sc2c4ccccc4oc32)c2ccc3c(c2)c2ccccc2n3-c2ccccc2)cc1.c1ccc(-c2ccccc2Nc2ccc3c(c2)c2ccccc2n3-c2ccccc2)cc1. The first-order chi connectivity index (χ1) is 64.2. The molecule has 5 aromatic heterocycles. The Morgan fingerprint density at radius 3 is 1.41 bits per heavy atom. The van der Waals surface area contributed by atoms with Gasteiger partial charge >= 0.3 is 0 Å². The number of furan rings is 1. The van der Waals surface area contributed by atoms with Gasteiger partial charge in [0.05, 0.1) is 48.7 Å². The Kier molecular flexibility index (Phi) is 23.3. The molecule has 0 spiro atoms. The van der Waals surface area contributed by atoms with Crippen molar-refractivity contribution in [3.63, 3.8) is 0 Å². The molecule has 26 rings (SSSR count). The number of benzene rings is 19. The van der Waals surface area contributed by atoms with Gasteiger partial charge in [-0.2, -0.15) is 0 Å². The number of halogens is 2. The van der Waals surface area contributed by atoms with E-state index in [2.05, 4.69) is 475 Å². The van der Waals surface area contributed by atoms with Crippen molar-refractivity contribution >= 4 is 201 Å². The molecule has 625 valence electrons. The van der Waals surface area contributed by atoms with E-state index in [0.29, 0.717) is 5.25 Å². The van der Waals surface area contributed by atoms with Crippen molar-refractivity contribution in [2.45, 2.75) is 16.2 Å². The molecule has 0 fully saturated rings. The molecule has 7 heterocycles. The predicted molar refractivity (Wildman–Crippen MR) is 568 cm³/mol. The number of para-hydroxylation sites is 11. The number of anilines is 6. The molecule has 3 N–H and O–H groups in total. The number of thiophene rings is 1. The second-order valence-electron chi connectivity index (χ2n) is 32.2. The third kappa shape index (κ3) is 16.2. The maximum Gasteiger partial charge on any atom is 0.154 e. The minimum atomic E-state index is 0. The van der Waals surface area contributed by atoms with Crippen molar-refractivity contribution in [3.05, 3.63) is 486 Å². The largest absolute Gasteiger partial charge is 0.484 e. The lowest BCUT2D eigenvalue weighted by Gasteiger charge is -2.28. The molecule has 2 unspecified atom stereocenters. The number of ether oxygens (including phenoxy) is 1. The molecule has 8 nitrogen and oxygen atoms in total. The number of fused-ring (bicyclic) bond motifs is 19. The summed E-state index contributed by atoms with van der Waals surface area (Å²) >= 11 is 9.61. The number of nitrogen functional groups attached to an aromatic ring is 1. The van der Waals surface area contributed by atoms with Gasteiger partial charge in [-0.15, -0.1) is 23.1 Å². The Labute approximate surface area is 791 Å². The lowest BCUT2D eigenvalue weighted by atomic mass is 10.0. The van der Waals surface area contributed by atoms with Gasteiger partial charge < -0.3 is 38.8 Å². The Balaban J connectivity index is 0.000000107. The van der Waals surface area contributed by atoms with Gasteiger partial charge in [-0.25, -0.2) is 0 Å². The Bertz CT molecular complexity index is 8290. The van der Waals surface area contributed by atoms with Crippen LogP contribution in [0.25, 0.3) is 147 Å². The van der Waals surface area contributed by atoms with E-state index < -0.39 is 0 Å². The standard InChI is InChI=1S/C44H28N2OS.C30H22N2.C18H12IN.C14H9BrOS.C12H11N.B/c1-3-13-29(14-4-1)33-17-7-10-20-38(33)45(32-23-25-36-42(28-32)48-44-35-19-9-12-22-41(35)47-43(36)44)31-24-26-40-37(27-31)34-18-8-11-21-39(34)46(40)30-15-5-2-6-16-30;1-3-11-22(12-4-1)25-15-7-9-17-28(25)31-23-19-20-30-27(21-23)26-16-8-10-18-29(26)32(30)24-13-5-2-6-14-24;19-13-10-11-18-16(12-13)15-8-4-5-9-17(15)20(18)14-6-2-1-3-7-14;15-8-5-6-10-12(7-8)17-14-9-3-1-2-4-11(9)16-13(10)14;13-12-9-5-4-8-11(12)10-6-2-1-3-7-10;/h1-28H;1-21,31H;1-12H;1-7,13-14H;1-9H,13H2;. The highest BCUT2D eigenvalue weighted by atomic mass is 127. The summed E-state index contributed by atoms with van der Waals surface area (Å²) in [6.07, 6.45) is 0.195. The van der Waals surface area contributed by atoms with Gasteiger partial charge in [0.15, 0.2) is 5.58 Å². The number of nitrogens with zero attached hydrogens (tertiary/aromatic N) is 4. The predicted octanol–water partition coefficient (Wildman–Crippen LogP) is 33.9. The summed E-state index contributed by atoms with van der Waals surface area (Å²) in [7, 11) is 0. The summed E-state index contributed by atoms with van der Waals surface area (Å²) in [5.74, 6) is 1.04. The number of hydrogen-bond donors (Lipinski definition) is 2. The maximum absolute atomic E-state index is 6.37. The first-order valence-electron chi connectivity index (χ1n) is 43.5. The third-order valence-electron chi connectivity index (χ3n) is 24.4. The monoisotopic (exact) mass is 1900 g/mol. The first-order valence-corrected chi connectivity index (χ1v) is 47.0. The van der Waals surface area contributed by atoms with Gasteiger partial charge in [-0.1, -0.05) is 307 Å². The fourth-order valence-electron chi connectivity index (χ4n) is 18.5. The van der Waals surface area contributed by atoms with Crippen LogP contribution in [0.4, 0.5) is 34.1 Å². The van der Waals surface area contributed by atoms with Crippen LogP contribution in [-0.2, 0) is 0 Å². The molecule has 0 saturated carbocycles. The molecule has 13 heteroatoms. The molecule has 2 aliphatic heterocycles. The van der Waals surface area contributed by atoms with E-state index in [4.69, 9.17) is 14.9 Å². The topological polar surface area (TPSA) is 78.4 Å². The highest BCUT2D eigenvalue weighted by Gasteiger charge is 2.42. The van der Waals surface area contributed by atoms with E-state index in [0.717, 1.165) is 72.1 Å². The first kappa shape index (κ1) is 83.1. The zero-order valence-corrected chi connectivity index (χ0v) is 76.3. The number of aromatic nitrogens is 3. The molecule has 0 amide bonds. The molecule has 2 aliphatic rings. The molecule has 24 aromatic rings. The lowest BCUT2D eigenvalue weighted by molar-refractivity contribution is 0.237. The highest BCUT2D eigenvalue weighted by Crippen LogP contribution is 2.61. The summed E-state index contributed by atoms with van der Waals surface area (Å²) in [5, 5.41) is 14.0. The van der Waals surface area contributed by atoms with E-state index >= 15 is 0 Å². The van der Waals surface area contributed by atoms with Crippen molar-refractivity contribution in [1.29, 1.82) is 0 Å². The van der Waals surface area contributed by atoms with E-state index in [-0.39, 0.29) is 14.5 Å². The Morgan fingerprint density at radius 2 is 0.802 bits per heavy atom. The average molecular weight is 1900 g/mol. The van der Waals surface area contributed by atoms with Gasteiger partial charge in [0.25, 0.3) is 0 Å². The smallest absolute Gasteiger partial charge is 0.154 e. The third-order valence-corrected chi connectivity index (χ3v) is 28.0. The maximum atomic E-state index is 6.37. The molecule has 131 heavy (non-hydrogen) atoms. The quantitative estimate of drug-likeness (QED) is 0.0763. The van der Waals surface area contributed by atoms with Crippen LogP contribution in [-0.4, -0.2) is 22.1 Å². The molecule has 0 aliphatic carbocycles. The van der Waals surface area contributed by atoms with Gasteiger partial charge in [0, 0.05) is 142 Å². The molecule has 0 saturated heterocycles. The van der Waals surface area contributed by atoms with Crippen molar-refractivity contribution < 1.29 is 9.15 Å². The van der Waals surface area contributed by atoms with E-state index in [1.807, 2.05) is 66.4 Å². The summed E-state index contributed by atoms with van der Waals surface area (Å²) in [6.45, 7) is 0. The van der Waals surface area contributed by atoms with Crippen molar-refractivity contribution in [2.75, 3.05) is 16.0 Å². The number of nitrogens with one attached hydrogen (secondary N) is 1. The van der Waals surface area contributed by atoms with E-state index in [9.17, 15) is 0 Å². The number of rotatable bonds is 11. The van der Waals surface area contributed by atoms with Gasteiger partial charge in [-0.05, 0) is 215 Å². The van der Waals surface area contributed by atoms with Gasteiger partial charge in [0.1, 0.15) is 17.4 Å². The normalized spacial score (nSPS) is 12.8. The zero-order valence-electron chi connectivity index (χ0n) is 70.9. The lowest BCUT2D eigenvalue weighted by Crippen LogP contribution is -2.11. The van der Waals surface area contributed by atoms with E-state index in [1.54, 1.807) is 11.3 Å². The van der Waals surface area contributed by atoms with Crippen molar-refractivity contribution in [2.24, 2.45) is 0 Å². The number of thioether (sulfide) groups is 1. The van der Waals surface area contributed by atoms with Gasteiger partial charge in [0.2, 0.25) is 0 Å². The molecule has 2 atom stereocenters. The molecule has 19 aromatic carbocycles. The second-order valence-corrected chi connectivity index (χ2v) is 36.6. The van der Waals surface area contributed by atoms with Gasteiger partial charge in [-0.3, -0.25) is 0 Å².